The maximum absolute atomic E-state index is 12.7. The Balaban J connectivity index is 1.75. The van der Waals surface area contributed by atoms with Gasteiger partial charge in [-0.05, 0) is 32.0 Å². The first-order valence-corrected chi connectivity index (χ1v) is 8.25. The normalized spacial score (nSPS) is 11.9. The van der Waals surface area contributed by atoms with E-state index in [1.54, 1.807) is 18.0 Å². The third kappa shape index (κ3) is 3.40. The van der Waals surface area contributed by atoms with E-state index in [9.17, 15) is 9.59 Å². The molecule has 0 aliphatic carbocycles. The van der Waals surface area contributed by atoms with Crippen LogP contribution in [0, 0.1) is 0 Å². The van der Waals surface area contributed by atoms with Gasteiger partial charge < -0.3 is 14.6 Å². The Morgan fingerprint density at radius 1 is 1.08 bits per heavy atom. The lowest BCUT2D eigenvalue weighted by atomic mass is 10.2. The van der Waals surface area contributed by atoms with E-state index in [0.717, 1.165) is 16.6 Å². The van der Waals surface area contributed by atoms with Crippen molar-refractivity contribution in [2.75, 3.05) is 11.4 Å². The van der Waals surface area contributed by atoms with Crippen molar-refractivity contribution in [1.82, 2.24) is 4.98 Å². The van der Waals surface area contributed by atoms with E-state index in [4.69, 9.17) is 4.74 Å². The van der Waals surface area contributed by atoms with Crippen LogP contribution in [-0.4, -0.2) is 29.5 Å². The number of aromatic nitrogens is 1. The van der Waals surface area contributed by atoms with Crippen LogP contribution in [0.4, 0.5) is 5.69 Å². The van der Waals surface area contributed by atoms with Gasteiger partial charge in [-0.2, -0.15) is 0 Å². The van der Waals surface area contributed by atoms with Crippen molar-refractivity contribution in [2.24, 2.45) is 0 Å². The molecule has 3 aromatic rings. The molecule has 0 spiro atoms. The molecule has 128 valence electrons. The van der Waals surface area contributed by atoms with Crippen LogP contribution >= 0.6 is 0 Å². The Labute approximate surface area is 146 Å². The maximum atomic E-state index is 12.7. The molecule has 1 amide bonds. The number of H-pyrrole nitrogens is 1. The third-order valence-corrected chi connectivity index (χ3v) is 4.09. The van der Waals surface area contributed by atoms with Crippen LogP contribution in [0.15, 0.2) is 60.8 Å². The number of benzene rings is 2. The fourth-order valence-corrected chi connectivity index (χ4v) is 2.81. The molecule has 5 nitrogen and oxygen atoms in total. The number of fused-ring (bicyclic) bond motifs is 1. The van der Waals surface area contributed by atoms with Gasteiger partial charge in [-0.25, -0.2) is 4.79 Å². The number of esters is 1. The second-order valence-corrected chi connectivity index (χ2v) is 5.71. The van der Waals surface area contributed by atoms with E-state index >= 15 is 0 Å². The minimum Gasteiger partial charge on any atom is -0.449 e. The average Bonchev–Trinajstić information content (AvgIpc) is 3.07. The van der Waals surface area contributed by atoms with Gasteiger partial charge in [0, 0.05) is 29.3 Å². The number of carbonyl (C=O) groups is 2. The summed E-state index contributed by atoms with van der Waals surface area (Å²) in [7, 11) is 0. The number of nitrogens with zero attached hydrogens (tertiary/aromatic N) is 1. The highest BCUT2D eigenvalue weighted by Gasteiger charge is 2.25. The number of amides is 1. The average molecular weight is 336 g/mol. The van der Waals surface area contributed by atoms with Gasteiger partial charge in [0.2, 0.25) is 0 Å². The smallest absolute Gasteiger partial charge is 0.341 e. The summed E-state index contributed by atoms with van der Waals surface area (Å²) in [6.45, 7) is 3.98. The fourth-order valence-electron chi connectivity index (χ4n) is 2.81. The number of carbonyl (C=O) groups excluding carboxylic acids is 2. The van der Waals surface area contributed by atoms with Gasteiger partial charge in [0.25, 0.3) is 5.91 Å². The van der Waals surface area contributed by atoms with Gasteiger partial charge >= 0.3 is 5.97 Å². The summed E-state index contributed by atoms with van der Waals surface area (Å²) in [5, 5.41) is 0.780. The Morgan fingerprint density at radius 2 is 1.76 bits per heavy atom. The molecule has 0 saturated carbocycles. The molecule has 0 aliphatic rings. The zero-order chi connectivity index (χ0) is 17.8. The molecule has 3 rings (SSSR count). The predicted molar refractivity (Wildman–Crippen MR) is 97.6 cm³/mol. The van der Waals surface area contributed by atoms with Crippen LogP contribution in [-0.2, 0) is 9.53 Å². The van der Waals surface area contributed by atoms with E-state index < -0.39 is 12.1 Å². The molecule has 1 N–H and O–H groups in total. The number of rotatable bonds is 5. The van der Waals surface area contributed by atoms with Crippen molar-refractivity contribution in [3.05, 3.63) is 66.4 Å². The van der Waals surface area contributed by atoms with Crippen molar-refractivity contribution in [3.63, 3.8) is 0 Å². The van der Waals surface area contributed by atoms with Crippen LogP contribution in [0.3, 0.4) is 0 Å². The molecule has 0 unspecified atom stereocenters. The zero-order valence-corrected chi connectivity index (χ0v) is 14.2. The van der Waals surface area contributed by atoms with Gasteiger partial charge in [0.05, 0.1) is 5.56 Å². The summed E-state index contributed by atoms with van der Waals surface area (Å²) < 4.78 is 5.42. The summed E-state index contributed by atoms with van der Waals surface area (Å²) >= 11 is 0. The van der Waals surface area contributed by atoms with Crippen molar-refractivity contribution in [2.45, 2.75) is 20.0 Å². The van der Waals surface area contributed by atoms with Crippen LogP contribution < -0.4 is 4.90 Å². The number of aromatic amines is 1. The maximum Gasteiger partial charge on any atom is 0.341 e. The lowest BCUT2D eigenvalue weighted by Gasteiger charge is -2.24. The molecule has 1 aromatic heterocycles. The highest BCUT2D eigenvalue weighted by atomic mass is 16.5. The fraction of sp³-hybridized carbons (Fsp3) is 0.200. The van der Waals surface area contributed by atoms with E-state index in [2.05, 4.69) is 4.98 Å². The summed E-state index contributed by atoms with van der Waals surface area (Å²) in [4.78, 5) is 29.8. The van der Waals surface area contributed by atoms with Crippen LogP contribution in [0.2, 0.25) is 0 Å². The number of ether oxygens (including phenoxy) is 1. The predicted octanol–water partition coefficient (Wildman–Crippen LogP) is 3.77. The molecular weight excluding hydrogens is 316 g/mol. The highest BCUT2D eigenvalue weighted by Crippen LogP contribution is 2.20. The van der Waals surface area contributed by atoms with Gasteiger partial charge in [-0.1, -0.05) is 36.4 Å². The number of nitrogens with one attached hydrogen (secondary N) is 1. The number of hydrogen-bond acceptors (Lipinski definition) is 3. The number of likely N-dealkylation sites (N-methyl/N-ethyl adjacent to an activating group) is 1. The SMILES string of the molecule is CCN(C(=O)[C@H](C)OC(=O)c1c[nH]c2ccccc12)c1ccccc1. The van der Waals surface area contributed by atoms with Crippen molar-refractivity contribution in [3.8, 4) is 0 Å². The second-order valence-electron chi connectivity index (χ2n) is 5.71. The highest BCUT2D eigenvalue weighted by molar-refractivity contribution is 6.05. The Morgan fingerprint density at radius 3 is 2.48 bits per heavy atom. The standard InChI is InChI=1S/C20H20N2O3/c1-3-22(15-9-5-4-6-10-15)19(23)14(2)25-20(24)17-13-21-18-12-8-7-11-16(17)18/h4-14,21H,3H2,1-2H3/t14-/m0/s1. The van der Waals surface area contributed by atoms with Crippen molar-refractivity contribution in [1.29, 1.82) is 0 Å². The third-order valence-electron chi connectivity index (χ3n) is 4.09. The van der Waals surface area contributed by atoms with Crippen molar-refractivity contribution >= 4 is 28.5 Å². The quantitative estimate of drug-likeness (QED) is 0.722. The number of para-hydroxylation sites is 2. The Bertz CT molecular complexity index is 886. The number of hydrogen-bond donors (Lipinski definition) is 1. The van der Waals surface area contributed by atoms with Crippen LogP contribution in [0.25, 0.3) is 10.9 Å². The molecule has 25 heavy (non-hydrogen) atoms. The number of anilines is 1. The first kappa shape index (κ1) is 16.8. The Hall–Kier alpha value is -3.08. The van der Waals surface area contributed by atoms with E-state index in [1.165, 1.54) is 0 Å². The second kappa shape index (κ2) is 7.21. The van der Waals surface area contributed by atoms with Crippen LogP contribution in [0.5, 0.6) is 0 Å². The molecule has 0 aliphatic heterocycles. The molecule has 0 radical (unpaired) electrons. The molecule has 2 aromatic carbocycles. The first-order chi connectivity index (χ1) is 12.1. The first-order valence-electron chi connectivity index (χ1n) is 8.25. The van der Waals surface area contributed by atoms with E-state index in [0.29, 0.717) is 12.1 Å². The zero-order valence-electron chi connectivity index (χ0n) is 14.2. The summed E-state index contributed by atoms with van der Waals surface area (Å²) in [5.41, 5.74) is 2.07. The molecule has 0 saturated heterocycles. The summed E-state index contributed by atoms with van der Waals surface area (Å²) in [6, 6.07) is 16.8. The monoisotopic (exact) mass is 336 g/mol. The van der Waals surface area contributed by atoms with E-state index in [-0.39, 0.29) is 5.91 Å². The summed E-state index contributed by atoms with van der Waals surface area (Å²) in [6.07, 6.45) is 0.736. The molecular formula is C20H20N2O3. The largest absolute Gasteiger partial charge is 0.449 e. The minimum atomic E-state index is -0.874. The van der Waals surface area contributed by atoms with Gasteiger partial charge in [0.1, 0.15) is 0 Å². The molecule has 0 fully saturated rings. The molecule has 1 atom stereocenters. The lowest BCUT2D eigenvalue weighted by molar-refractivity contribution is -0.126. The molecule has 5 heteroatoms. The minimum absolute atomic E-state index is 0.248. The summed E-state index contributed by atoms with van der Waals surface area (Å²) in [5.74, 6) is -0.760. The van der Waals surface area contributed by atoms with Gasteiger partial charge in [-0.15, -0.1) is 0 Å². The van der Waals surface area contributed by atoms with Crippen molar-refractivity contribution < 1.29 is 14.3 Å². The van der Waals surface area contributed by atoms with Gasteiger partial charge in [0.15, 0.2) is 6.10 Å². The Kier molecular flexibility index (Phi) is 4.84. The molecule has 0 bridgehead atoms. The van der Waals surface area contributed by atoms with Gasteiger partial charge in [-0.3, -0.25) is 4.79 Å². The molecule has 1 heterocycles. The topological polar surface area (TPSA) is 62.4 Å². The van der Waals surface area contributed by atoms with E-state index in [1.807, 2.05) is 61.5 Å². The lowest BCUT2D eigenvalue weighted by Crippen LogP contribution is -2.40. The van der Waals surface area contributed by atoms with Crippen LogP contribution in [0.1, 0.15) is 24.2 Å².